The van der Waals surface area contributed by atoms with Crippen LogP contribution in [0.5, 0.6) is 0 Å². The van der Waals surface area contributed by atoms with E-state index in [-0.39, 0.29) is 0 Å². The maximum Gasteiger partial charge on any atom is 0.203 e. The second kappa shape index (κ2) is 4.82. The summed E-state index contributed by atoms with van der Waals surface area (Å²) in [5.74, 6) is 0. The van der Waals surface area contributed by atoms with E-state index < -0.39 is 0 Å². The molecular formula is C3H7BOSi. The molecule has 0 N–H and O–H groups in total. The molecule has 0 saturated carbocycles. The predicted molar refractivity (Wildman–Crippen MR) is 30.7 cm³/mol. The van der Waals surface area contributed by atoms with E-state index in [0.717, 1.165) is 10.5 Å². The van der Waals surface area contributed by atoms with Gasteiger partial charge in [0.15, 0.2) is 0 Å². The van der Waals surface area contributed by atoms with Crippen molar-refractivity contribution >= 4 is 18.3 Å². The molecule has 0 unspecified atom stereocenters. The molecule has 0 aliphatic rings. The molecule has 0 rings (SSSR count). The van der Waals surface area contributed by atoms with Crippen LogP contribution in [0.3, 0.4) is 0 Å². The Labute approximate surface area is 42.3 Å². The van der Waals surface area contributed by atoms with Crippen molar-refractivity contribution < 1.29 is 4.43 Å². The van der Waals surface area contributed by atoms with Crippen molar-refractivity contribution in [2.75, 3.05) is 0 Å². The highest BCUT2D eigenvalue weighted by Gasteiger charge is 1.58. The van der Waals surface area contributed by atoms with Gasteiger partial charge in [-0.05, 0) is 0 Å². The maximum absolute atomic E-state index is 5.06. The quantitative estimate of drug-likeness (QED) is 0.330. The van der Waals surface area contributed by atoms with Crippen LogP contribution >= 0.6 is 0 Å². The molecule has 0 saturated heterocycles. The van der Waals surface area contributed by atoms with Gasteiger partial charge in [0.05, 0.1) is 14.1 Å². The van der Waals surface area contributed by atoms with Crippen LogP contribution in [-0.4, -0.2) is 18.3 Å². The molecule has 0 aromatic heterocycles. The lowest BCUT2D eigenvalue weighted by atomic mass is 10.1. The molecule has 0 atom stereocenters. The molecular weight excluding hydrogens is 90.9 g/mol. The third-order valence-corrected chi connectivity index (χ3v) is 0.641. The zero-order chi connectivity index (χ0) is 4.83. The first kappa shape index (κ1) is 5.82. The summed E-state index contributed by atoms with van der Waals surface area (Å²) in [5.41, 5.74) is 0. The molecule has 32 valence electrons. The summed E-state index contributed by atoms with van der Waals surface area (Å²) in [6, 6.07) is 0. The molecule has 0 amide bonds. The molecule has 0 aliphatic carbocycles. The summed E-state index contributed by atoms with van der Waals surface area (Å²) in [5, 5.41) is 0. The Kier molecular flexibility index (Phi) is 4.68. The van der Waals surface area contributed by atoms with Crippen LogP contribution in [-0.2, 0) is 4.43 Å². The number of hydrogen-bond donors (Lipinski definition) is 0. The minimum absolute atomic E-state index is 0.572. The van der Waals surface area contributed by atoms with Gasteiger partial charge in [0.1, 0.15) is 0 Å². The molecule has 0 spiro atoms. The van der Waals surface area contributed by atoms with Crippen molar-refractivity contribution in [3.8, 4) is 0 Å². The first-order valence-electron chi connectivity index (χ1n) is 1.79. The Morgan fingerprint density at radius 2 is 2.50 bits per heavy atom. The van der Waals surface area contributed by atoms with Crippen LogP contribution in [0, 0.1) is 0 Å². The highest BCUT2D eigenvalue weighted by molar-refractivity contribution is 6.09. The van der Waals surface area contributed by atoms with Crippen LogP contribution in [0.25, 0.3) is 0 Å². The Morgan fingerprint density at radius 3 is 2.67 bits per heavy atom. The highest BCUT2D eigenvalue weighted by Crippen LogP contribution is 1.73. The predicted octanol–water partition coefficient (Wildman–Crippen LogP) is -0.616. The van der Waals surface area contributed by atoms with E-state index in [0.29, 0.717) is 6.32 Å². The Morgan fingerprint density at radius 1 is 1.83 bits per heavy atom. The van der Waals surface area contributed by atoms with Gasteiger partial charge in [-0.15, -0.1) is 0 Å². The first-order valence-corrected chi connectivity index (χ1v) is 2.61. The molecule has 0 aromatic rings. The summed E-state index contributed by atoms with van der Waals surface area (Å²) in [6.07, 6.45) is 3.96. The fourth-order valence-corrected chi connectivity index (χ4v) is 0.344. The summed E-state index contributed by atoms with van der Waals surface area (Å²) < 4.78 is 4.66. The van der Waals surface area contributed by atoms with E-state index in [1.807, 2.05) is 0 Å². The Bertz CT molecular complexity index is 40.1. The molecule has 0 fully saturated rings. The van der Waals surface area contributed by atoms with Crippen molar-refractivity contribution in [3.05, 3.63) is 12.3 Å². The van der Waals surface area contributed by atoms with Crippen LogP contribution in [0.4, 0.5) is 0 Å². The Hall–Kier alpha value is -0.178. The zero-order valence-corrected chi connectivity index (χ0v) is 5.85. The summed E-state index contributed by atoms with van der Waals surface area (Å²) in [4.78, 5) is 0. The monoisotopic (exact) mass is 98.0 g/mol. The number of rotatable bonds is 2. The lowest BCUT2D eigenvalue weighted by Crippen LogP contribution is -1.65. The Balaban J connectivity index is 2.73. The van der Waals surface area contributed by atoms with Crippen molar-refractivity contribution in [2.24, 2.45) is 0 Å². The van der Waals surface area contributed by atoms with Gasteiger partial charge in [-0.25, -0.2) is 0 Å². The van der Waals surface area contributed by atoms with Gasteiger partial charge in [0, 0.05) is 0 Å². The van der Waals surface area contributed by atoms with Gasteiger partial charge in [-0.3, -0.25) is 0 Å². The average Bonchev–Trinajstić information content (AvgIpc) is 1.61. The lowest BCUT2D eigenvalue weighted by Gasteiger charge is -1.81. The fourth-order valence-electron chi connectivity index (χ4n) is 0.152. The summed E-state index contributed by atoms with van der Waals surface area (Å²) in [7, 11) is 5.82. The normalized spacial score (nSPS) is 10.0. The zero-order valence-electron chi connectivity index (χ0n) is 3.85. The van der Waals surface area contributed by atoms with Gasteiger partial charge in [-0.1, -0.05) is 12.4 Å². The minimum atomic E-state index is 0.572. The van der Waals surface area contributed by atoms with Gasteiger partial charge in [0.25, 0.3) is 0 Å². The smallest absolute Gasteiger partial charge is 0.203 e. The molecule has 6 heavy (non-hydrogen) atoms. The van der Waals surface area contributed by atoms with E-state index in [9.17, 15) is 0 Å². The van der Waals surface area contributed by atoms with Gasteiger partial charge in [-0.2, -0.15) is 0 Å². The van der Waals surface area contributed by atoms with Gasteiger partial charge < -0.3 is 4.43 Å². The fraction of sp³-hybridized carbons (Fsp3) is 0.333. The van der Waals surface area contributed by atoms with Gasteiger partial charge in [0.2, 0.25) is 10.5 Å². The third kappa shape index (κ3) is 3.82. The third-order valence-electron chi connectivity index (χ3n) is 0.368. The average molecular weight is 98.0 g/mol. The summed E-state index contributed by atoms with van der Waals surface area (Å²) >= 11 is 0. The van der Waals surface area contributed by atoms with E-state index in [1.165, 1.54) is 0 Å². The molecule has 3 heteroatoms. The first-order chi connectivity index (χ1) is 2.91. The van der Waals surface area contributed by atoms with Crippen molar-refractivity contribution in [2.45, 2.75) is 6.32 Å². The second-order valence-corrected chi connectivity index (χ2v) is 1.31. The van der Waals surface area contributed by atoms with Gasteiger partial charge >= 0.3 is 0 Å². The molecule has 0 bridgehead atoms. The van der Waals surface area contributed by atoms with Crippen LogP contribution < -0.4 is 0 Å². The maximum atomic E-state index is 5.06. The SMILES string of the molecule is [B]CC=CO[SiH3]. The molecule has 1 nitrogen and oxygen atoms in total. The topological polar surface area (TPSA) is 9.23 Å². The van der Waals surface area contributed by atoms with Crippen molar-refractivity contribution in [1.82, 2.24) is 0 Å². The lowest BCUT2D eigenvalue weighted by molar-refractivity contribution is 0.534. The van der Waals surface area contributed by atoms with Crippen molar-refractivity contribution in [3.63, 3.8) is 0 Å². The molecule has 0 aliphatic heterocycles. The van der Waals surface area contributed by atoms with Crippen LogP contribution in [0.15, 0.2) is 12.3 Å². The molecule has 0 aromatic carbocycles. The van der Waals surface area contributed by atoms with Crippen LogP contribution in [0.1, 0.15) is 0 Å². The molecule has 0 heterocycles. The second-order valence-electron chi connectivity index (χ2n) is 0.843. The standard InChI is InChI=1S/C3H7BOSi/c4-2-1-3-5-6/h1,3H,2H2,6H3. The molecule has 2 radical (unpaired) electrons. The summed E-state index contributed by atoms with van der Waals surface area (Å²) in [6.45, 7) is 0. The van der Waals surface area contributed by atoms with E-state index >= 15 is 0 Å². The van der Waals surface area contributed by atoms with Crippen LogP contribution in [0.2, 0.25) is 6.32 Å². The number of allylic oxidation sites excluding steroid dienone is 1. The van der Waals surface area contributed by atoms with E-state index in [2.05, 4.69) is 4.43 Å². The van der Waals surface area contributed by atoms with Crippen molar-refractivity contribution in [1.29, 1.82) is 0 Å². The largest absolute Gasteiger partial charge is 0.559 e. The van der Waals surface area contributed by atoms with E-state index in [1.54, 1.807) is 12.3 Å². The highest BCUT2D eigenvalue weighted by atomic mass is 28.2. The number of hydrogen-bond acceptors (Lipinski definition) is 1. The minimum Gasteiger partial charge on any atom is -0.559 e. The van der Waals surface area contributed by atoms with E-state index in [4.69, 9.17) is 7.85 Å².